The summed E-state index contributed by atoms with van der Waals surface area (Å²) in [6.45, 7) is 6.23. The van der Waals surface area contributed by atoms with E-state index in [0.29, 0.717) is 34.1 Å². The molecule has 0 aromatic carbocycles. The van der Waals surface area contributed by atoms with E-state index in [0.717, 1.165) is 24.8 Å². The molecule has 2 heterocycles. The SMILES string of the molecule is CCn1c(O)c(/C(C)=N/c2sc3c(c2C#N)CCC3)c(=O)n(CC)c1=S. The Labute approximate surface area is 160 Å². The van der Waals surface area contributed by atoms with Crippen LogP contribution in [0.3, 0.4) is 0 Å². The number of rotatable bonds is 4. The van der Waals surface area contributed by atoms with Crippen molar-refractivity contribution < 1.29 is 5.11 Å². The van der Waals surface area contributed by atoms with Gasteiger partial charge in [0.25, 0.3) is 5.56 Å². The number of aromatic hydroxyl groups is 1. The lowest BCUT2D eigenvalue weighted by atomic mass is 10.1. The van der Waals surface area contributed by atoms with Gasteiger partial charge in [-0.3, -0.25) is 13.9 Å². The number of hydrogen-bond acceptors (Lipinski definition) is 6. The Kier molecular flexibility index (Phi) is 5.12. The first-order valence-electron chi connectivity index (χ1n) is 8.61. The molecule has 0 radical (unpaired) electrons. The van der Waals surface area contributed by atoms with Gasteiger partial charge in [-0.05, 0) is 57.8 Å². The van der Waals surface area contributed by atoms with Gasteiger partial charge in [-0.25, -0.2) is 4.99 Å². The first-order chi connectivity index (χ1) is 12.4. The normalized spacial score (nSPS) is 13.7. The average Bonchev–Trinajstić information content (AvgIpc) is 3.16. The Bertz CT molecular complexity index is 1070. The highest BCUT2D eigenvalue weighted by atomic mass is 32.1. The van der Waals surface area contributed by atoms with Gasteiger partial charge >= 0.3 is 0 Å². The summed E-state index contributed by atoms with van der Waals surface area (Å²) in [7, 11) is 0. The molecule has 2 aromatic heterocycles. The molecule has 1 N–H and O–H groups in total. The van der Waals surface area contributed by atoms with E-state index < -0.39 is 0 Å². The van der Waals surface area contributed by atoms with Gasteiger partial charge in [-0.15, -0.1) is 11.3 Å². The van der Waals surface area contributed by atoms with Gasteiger partial charge in [0, 0.05) is 18.0 Å². The third-order valence-electron chi connectivity index (χ3n) is 4.68. The fraction of sp³-hybridized carbons (Fsp3) is 0.444. The molecule has 136 valence electrons. The number of aromatic nitrogens is 2. The largest absolute Gasteiger partial charge is 0.494 e. The molecule has 1 aliphatic carbocycles. The highest BCUT2D eigenvalue weighted by Crippen LogP contribution is 2.40. The number of fused-ring (bicyclic) bond motifs is 1. The summed E-state index contributed by atoms with van der Waals surface area (Å²) in [5.41, 5.74) is 1.86. The van der Waals surface area contributed by atoms with Crippen LogP contribution in [-0.2, 0) is 25.9 Å². The van der Waals surface area contributed by atoms with E-state index in [9.17, 15) is 15.2 Å². The number of aryl methyl sites for hydroxylation is 1. The summed E-state index contributed by atoms with van der Waals surface area (Å²) in [4.78, 5) is 18.6. The van der Waals surface area contributed by atoms with Crippen molar-refractivity contribution in [1.29, 1.82) is 5.26 Å². The maximum atomic E-state index is 12.8. The van der Waals surface area contributed by atoms with E-state index in [1.54, 1.807) is 6.92 Å². The third kappa shape index (κ3) is 2.81. The zero-order valence-corrected chi connectivity index (χ0v) is 16.6. The highest BCUT2D eigenvalue weighted by molar-refractivity contribution is 7.71. The summed E-state index contributed by atoms with van der Waals surface area (Å²) in [5.74, 6) is -0.170. The monoisotopic (exact) mass is 388 g/mol. The van der Waals surface area contributed by atoms with E-state index in [2.05, 4.69) is 11.1 Å². The molecular formula is C18H20N4O2S2. The first kappa shape index (κ1) is 18.5. The van der Waals surface area contributed by atoms with Crippen LogP contribution in [0, 0.1) is 16.1 Å². The Morgan fingerprint density at radius 1 is 1.35 bits per heavy atom. The van der Waals surface area contributed by atoms with Gasteiger partial charge in [0.05, 0.1) is 11.3 Å². The Morgan fingerprint density at radius 2 is 2.04 bits per heavy atom. The molecule has 0 fully saturated rings. The summed E-state index contributed by atoms with van der Waals surface area (Å²) in [6.07, 6.45) is 2.94. The molecule has 0 bridgehead atoms. The molecular weight excluding hydrogens is 368 g/mol. The van der Waals surface area contributed by atoms with Crippen molar-refractivity contribution >= 4 is 34.3 Å². The number of nitrogens with zero attached hydrogens (tertiary/aromatic N) is 4. The zero-order chi connectivity index (χ0) is 19.0. The fourth-order valence-electron chi connectivity index (χ4n) is 3.36. The van der Waals surface area contributed by atoms with Crippen molar-refractivity contribution in [1.82, 2.24) is 9.13 Å². The van der Waals surface area contributed by atoms with Crippen LogP contribution in [0.2, 0.25) is 0 Å². The van der Waals surface area contributed by atoms with Gasteiger partial charge in [0.15, 0.2) is 4.77 Å². The maximum absolute atomic E-state index is 12.8. The van der Waals surface area contributed by atoms with Gasteiger partial charge in [0.2, 0.25) is 5.88 Å². The van der Waals surface area contributed by atoms with E-state index in [4.69, 9.17) is 12.2 Å². The average molecular weight is 389 g/mol. The lowest BCUT2D eigenvalue weighted by Gasteiger charge is -2.15. The molecule has 26 heavy (non-hydrogen) atoms. The molecule has 0 unspecified atom stereocenters. The predicted octanol–water partition coefficient (Wildman–Crippen LogP) is 3.69. The van der Waals surface area contributed by atoms with Crippen LogP contribution in [0.15, 0.2) is 9.79 Å². The summed E-state index contributed by atoms with van der Waals surface area (Å²) in [6, 6.07) is 2.25. The lowest BCUT2D eigenvalue weighted by Crippen LogP contribution is -2.29. The summed E-state index contributed by atoms with van der Waals surface area (Å²) >= 11 is 6.81. The number of thiophene rings is 1. The molecule has 0 spiro atoms. The van der Waals surface area contributed by atoms with Gasteiger partial charge in [-0.2, -0.15) is 5.26 Å². The quantitative estimate of drug-likeness (QED) is 0.640. The molecule has 0 saturated heterocycles. The van der Waals surface area contributed by atoms with E-state index in [1.165, 1.54) is 25.3 Å². The fourth-order valence-corrected chi connectivity index (χ4v) is 5.05. The van der Waals surface area contributed by atoms with Crippen LogP contribution >= 0.6 is 23.6 Å². The second-order valence-corrected chi connectivity index (χ2v) is 7.57. The maximum Gasteiger partial charge on any atom is 0.267 e. The molecule has 0 atom stereocenters. The van der Waals surface area contributed by atoms with Crippen LogP contribution in [0.1, 0.15) is 48.8 Å². The van der Waals surface area contributed by atoms with Crippen LogP contribution in [0.4, 0.5) is 5.00 Å². The minimum atomic E-state index is -0.358. The molecule has 3 rings (SSSR count). The van der Waals surface area contributed by atoms with Crippen LogP contribution < -0.4 is 5.56 Å². The van der Waals surface area contributed by atoms with Crippen LogP contribution in [0.25, 0.3) is 0 Å². The molecule has 0 aliphatic heterocycles. The number of hydrogen-bond donors (Lipinski definition) is 1. The van der Waals surface area contributed by atoms with E-state index >= 15 is 0 Å². The highest BCUT2D eigenvalue weighted by Gasteiger charge is 2.23. The van der Waals surface area contributed by atoms with Gasteiger partial charge in [-0.1, -0.05) is 0 Å². The topological polar surface area (TPSA) is 83.3 Å². The third-order valence-corrected chi connectivity index (χ3v) is 6.30. The Balaban J connectivity index is 2.22. The predicted molar refractivity (Wildman–Crippen MR) is 105 cm³/mol. The molecule has 0 amide bonds. The summed E-state index contributed by atoms with van der Waals surface area (Å²) in [5, 5.41) is 20.7. The minimum Gasteiger partial charge on any atom is -0.494 e. The van der Waals surface area contributed by atoms with Gasteiger partial charge in [0.1, 0.15) is 16.6 Å². The molecule has 2 aromatic rings. The van der Waals surface area contributed by atoms with E-state index in [-0.39, 0.29) is 17.0 Å². The number of aliphatic imine (C=N–C) groups is 1. The molecule has 6 nitrogen and oxygen atoms in total. The van der Waals surface area contributed by atoms with Crippen LogP contribution in [0.5, 0.6) is 5.88 Å². The second kappa shape index (κ2) is 7.17. The van der Waals surface area contributed by atoms with Crippen molar-refractivity contribution in [2.45, 2.75) is 53.1 Å². The Hall–Kier alpha value is -2.24. The minimum absolute atomic E-state index is 0.139. The first-order valence-corrected chi connectivity index (χ1v) is 9.83. The molecule has 0 saturated carbocycles. The van der Waals surface area contributed by atoms with Crippen molar-refractivity contribution in [2.24, 2.45) is 4.99 Å². The van der Waals surface area contributed by atoms with Crippen molar-refractivity contribution in [2.75, 3.05) is 0 Å². The second-order valence-electron chi connectivity index (χ2n) is 6.12. The smallest absolute Gasteiger partial charge is 0.267 e. The van der Waals surface area contributed by atoms with Crippen molar-refractivity contribution in [3.63, 3.8) is 0 Å². The Morgan fingerprint density at radius 3 is 2.65 bits per heavy atom. The van der Waals surface area contributed by atoms with Gasteiger partial charge < -0.3 is 5.11 Å². The van der Waals surface area contributed by atoms with E-state index in [1.807, 2.05) is 13.8 Å². The molecule has 8 heteroatoms. The standard InChI is InChI=1S/C18H20N4O2S2/c1-4-21-16(23)14(17(24)22(5-2)18(21)25)10(3)20-15-12(9-19)11-7-6-8-13(11)26-15/h23H,4-8H2,1-3H3/b20-10+. The number of nitriles is 1. The summed E-state index contributed by atoms with van der Waals surface area (Å²) < 4.78 is 3.27. The van der Waals surface area contributed by atoms with Crippen molar-refractivity contribution in [3.05, 3.63) is 36.7 Å². The molecule has 1 aliphatic rings. The lowest BCUT2D eigenvalue weighted by molar-refractivity contribution is 0.399. The van der Waals surface area contributed by atoms with Crippen molar-refractivity contribution in [3.8, 4) is 11.9 Å². The zero-order valence-electron chi connectivity index (χ0n) is 15.0. The van der Waals surface area contributed by atoms with Crippen LogP contribution in [-0.4, -0.2) is 20.0 Å².